The molecule has 0 bridgehead atoms. The zero-order valence-electron chi connectivity index (χ0n) is 20.8. The maximum absolute atomic E-state index is 11.8. The first kappa shape index (κ1) is 25.2. The fourth-order valence-electron chi connectivity index (χ4n) is 3.81. The molecule has 0 aliphatic rings. The molecule has 0 saturated heterocycles. The second-order valence-corrected chi connectivity index (χ2v) is 8.50. The van der Waals surface area contributed by atoms with E-state index in [0.717, 1.165) is 34.8 Å². The van der Waals surface area contributed by atoms with Crippen LogP contribution in [0.2, 0.25) is 0 Å². The number of benzene rings is 4. The maximum atomic E-state index is 11.8. The monoisotopic (exact) mass is 489 g/mol. The number of carbonyl (C=O) groups is 2. The van der Waals surface area contributed by atoms with Gasteiger partial charge in [-0.05, 0) is 73.5 Å². The van der Waals surface area contributed by atoms with Crippen molar-refractivity contribution in [3.8, 4) is 22.6 Å². The molecule has 0 saturated carbocycles. The van der Waals surface area contributed by atoms with E-state index in [0.29, 0.717) is 5.56 Å². The van der Waals surface area contributed by atoms with E-state index in [2.05, 4.69) is 80.4 Å². The van der Waals surface area contributed by atoms with Crippen molar-refractivity contribution in [2.75, 3.05) is 4.90 Å². The molecule has 4 aromatic carbocycles. The lowest BCUT2D eigenvalue weighted by atomic mass is 10.0. The van der Waals surface area contributed by atoms with Gasteiger partial charge >= 0.3 is 11.9 Å². The van der Waals surface area contributed by atoms with E-state index < -0.39 is 11.9 Å². The van der Waals surface area contributed by atoms with E-state index in [1.54, 1.807) is 12.1 Å². The Labute approximate surface area is 216 Å². The molecule has 0 radical (unpaired) electrons. The number of rotatable bonds is 8. The fourth-order valence-corrected chi connectivity index (χ4v) is 3.81. The SMILES string of the molecule is C=CC(=O)Oc1cc(OC(=O)C=C)cc(-c2ccc(N(c3ccc(C)cc3)c3ccc(C)cc3)cc2)c1. The molecule has 0 unspecified atom stereocenters. The number of hydrogen-bond donors (Lipinski definition) is 0. The van der Waals surface area contributed by atoms with Crippen molar-refractivity contribution in [2.45, 2.75) is 13.8 Å². The fraction of sp³-hybridized carbons (Fsp3) is 0.0625. The molecule has 4 aromatic rings. The van der Waals surface area contributed by atoms with Gasteiger partial charge in [0.25, 0.3) is 0 Å². The molecule has 4 rings (SSSR count). The Hall–Kier alpha value is -4.90. The molecule has 0 heterocycles. The number of aryl methyl sites for hydroxylation is 2. The van der Waals surface area contributed by atoms with Crippen LogP contribution < -0.4 is 14.4 Å². The van der Waals surface area contributed by atoms with Gasteiger partial charge in [0.2, 0.25) is 0 Å². The van der Waals surface area contributed by atoms with Gasteiger partial charge in [-0.2, -0.15) is 0 Å². The Balaban J connectivity index is 1.73. The Morgan fingerprint density at radius 2 is 0.973 bits per heavy atom. The van der Waals surface area contributed by atoms with Crippen LogP contribution in [0.5, 0.6) is 11.5 Å². The summed E-state index contributed by atoms with van der Waals surface area (Å²) in [4.78, 5) is 25.7. The number of nitrogens with zero attached hydrogens (tertiary/aromatic N) is 1. The van der Waals surface area contributed by atoms with Crippen molar-refractivity contribution in [3.63, 3.8) is 0 Å². The Morgan fingerprint density at radius 1 is 0.595 bits per heavy atom. The van der Waals surface area contributed by atoms with E-state index >= 15 is 0 Å². The van der Waals surface area contributed by atoms with Gasteiger partial charge in [-0.3, -0.25) is 0 Å². The lowest BCUT2D eigenvalue weighted by Crippen LogP contribution is -2.09. The average Bonchev–Trinajstić information content (AvgIpc) is 2.91. The van der Waals surface area contributed by atoms with Gasteiger partial charge in [-0.1, -0.05) is 60.7 Å². The maximum Gasteiger partial charge on any atom is 0.335 e. The molecule has 5 nitrogen and oxygen atoms in total. The highest BCUT2D eigenvalue weighted by Gasteiger charge is 2.14. The van der Waals surface area contributed by atoms with Crippen LogP contribution in [-0.2, 0) is 9.59 Å². The molecular weight excluding hydrogens is 462 g/mol. The van der Waals surface area contributed by atoms with E-state index in [1.165, 1.54) is 17.2 Å². The van der Waals surface area contributed by atoms with Crippen molar-refractivity contribution >= 4 is 29.0 Å². The first-order valence-corrected chi connectivity index (χ1v) is 11.7. The number of ether oxygens (including phenoxy) is 2. The highest BCUT2D eigenvalue weighted by molar-refractivity contribution is 5.86. The summed E-state index contributed by atoms with van der Waals surface area (Å²) in [6.45, 7) is 11.0. The molecule has 0 aliphatic heterocycles. The standard InChI is InChI=1S/C32H27NO4/c1-5-31(34)36-29-19-25(20-30(21-29)37-32(35)6-2)24-11-17-28(18-12-24)33(26-13-7-22(3)8-14-26)27-15-9-23(4)10-16-27/h5-21H,1-2H2,3-4H3. The van der Waals surface area contributed by atoms with Gasteiger partial charge in [0.1, 0.15) is 11.5 Å². The van der Waals surface area contributed by atoms with Crippen LogP contribution in [0, 0.1) is 13.8 Å². The molecule has 0 aliphatic carbocycles. The van der Waals surface area contributed by atoms with Crippen molar-refractivity contribution < 1.29 is 19.1 Å². The average molecular weight is 490 g/mol. The van der Waals surface area contributed by atoms with Gasteiger partial charge in [0.15, 0.2) is 0 Å². The molecule has 37 heavy (non-hydrogen) atoms. The zero-order chi connectivity index (χ0) is 26.4. The van der Waals surface area contributed by atoms with Gasteiger partial charge in [0, 0.05) is 35.3 Å². The van der Waals surface area contributed by atoms with Crippen LogP contribution in [-0.4, -0.2) is 11.9 Å². The minimum atomic E-state index is -0.611. The predicted molar refractivity (Wildman–Crippen MR) is 148 cm³/mol. The van der Waals surface area contributed by atoms with Crippen LogP contribution in [0.4, 0.5) is 17.1 Å². The summed E-state index contributed by atoms with van der Waals surface area (Å²) in [5.41, 5.74) is 7.00. The summed E-state index contributed by atoms with van der Waals surface area (Å²) in [6.07, 6.45) is 2.14. The van der Waals surface area contributed by atoms with E-state index in [1.807, 2.05) is 24.3 Å². The molecule has 0 fully saturated rings. The van der Waals surface area contributed by atoms with Crippen LogP contribution in [0.25, 0.3) is 11.1 Å². The van der Waals surface area contributed by atoms with Gasteiger partial charge in [-0.25, -0.2) is 9.59 Å². The first-order valence-electron chi connectivity index (χ1n) is 11.7. The summed E-state index contributed by atoms with van der Waals surface area (Å²) in [6, 6.07) is 29.6. The molecule has 0 atom stereocenters. The third kappa shape index (κ3) is 6.21. The lowest BCUT2D eigenvalue weighted by molar-refractivity contribution is -0.129. The van der Waals surface area contributed by atoms with E-state index in [-0.39, 0.29) is 11.5 Å². The van der Waals surface area contributed by atoms with Crippen LogP contribution in [0.15, 0.2) is 116 Å². The smallest absolute Gasteiger partial charge is 0.335 e. The molecular formula is C32H27NO4. The lowest BCUT2D eigenvalue weighted by Gasteiger charge is -2.26. The summed E-state index contributed by atoms with van der Waals surface area (Å²) >= 11 is 0. The van der Waals surface area contributed by atoms with Crippen LogP contribution in [0.3, 0.4) is 0 Å². The third-order valence-electron chi connectivity index (χ3n) is 5.69. The minimum Gasteiger partial charge on any atom is -0.423 e. The third-order valence-corrected chi connectivity index (χ3v) is 5.69. The number of hydrogen-bond acceptors (Lipinski definition) is 5. The molecule has 0 aromatic heterocycles. The summed E-state index contributed by atoms with van der Waals surface area (Å²) < 4.78 is 10.6. The van der Waals surface area contributed by atoms with E-state index in [4.69, 9.17) is 9.47 Å². The first-order chi connectivity index (χ1) is 17.9. The van der Waals surface area contributed by atoms with Crippen molar-refractivity contribution in [1.29, 1.82) is 0 Å². The quantitative estimate of drug-likeness (QED) is 0.145. The highest BCUT2D eigenvalue weighted by Crippen LogP contribution is 2.37. The van der Waals surface area contributed by atoms with Gasteiger partial charge in [0.05, 0.1) is 0 Å². The zero-order valence-corrected chi connectivity index (χ0v) is 20.8. The summed E-state index contributed by atoms with van der Waals surface area (Å²) in [5.74, 6) is -0.751. The number of carbonyl (C=O) groups excluding carboxylic acids is 2. The largest absolute Gasteiger partial charge is 0.423 e. The van der Waals surface area contributed by atoms with E-state index in [9.17, 15) is 9.59 Å². The summed E-state index contributed by atoms with van der Waals surface area (Å²) in [5, 5.41) is 0. The van der Waals surface area contributed by atoms with Crippen molar-refractivity contribution in [2.24, 2.45) is 0 Å². The Morgan fingerprint density at radius 3 is 1.35 bits per heavy atom. The second kappa shape index (κ2) is 11.2. The Kier molecular flexibility index (Phi) is 7.65. The van der Waals surface area contributed by atoms with Gasteiger partial charge in [-0.15, -0.1) is 0 Å². The highest BCUT2D eigenvalue weighted by atomic mass is 16.5. The molecule has 0 amide bonds. The van der Waals surface area contributed by atoms with Crippen LogP contribution in [0.1, 0.15) is 11.1 Å². The Bertz CT molecular complexity index is 1350. The normalized spacial score (nSPS) is 10.3. The van der Waals surface area contributed by atoms with Crippen molar-refractivity contribution in [3.05, 3.63) is 127 Å². The number of anilines is 3. The van der Waals surface area contributed by atoms with Gasteiger partial charge < -0.3 is 14.4 Å². The predicted octanol–water partition coefficient (Wildman–Crippen LogP) is 7.62. The number of esters is 2. The topological polar surface area (TPSA) is 55.8 Å². The van der Waals surface area contributed by atoms with Crippen LogP contribution >= 0.6 is 0 Å². The second-order valence-electron chi connectivity index (χ2n) is 8.50. The molecule has 184 valence electrons. The minimum absolute atomic E-state index is 0.235. The van der Waals surface area contributed by atoms with Crippen molar-refractivity contribution in [1.82, 2.24) is 0 Å². The molecule has 0 N–H and O–H groups in total. The molecule has 5 heteroatoms. The molecule has 0 spiro atoms. The summed E-state index contributed by atoms with van der Waals surface area (Å²) in [7, 11) is 0.